The van der Waals surface area contributed by atoms with E-state index in [1.54, 1.807) is 31.4 Å². The van der Waals surface area contributed by atoms with E-state index in [4.69, 9.17) is 9.15 Å². The molecule has 0 aliphatic carbocycles. The lowest BCUT2D eigenvalue weighted by molar-refractivity contribution is -0.139. The highest BCUT2D eigenvalue weighted by Gasteiger charge is 2.14. The van der Waals surface area contributed by atoms with Gasteiger partial charge in [0.05, 0.1) is 17.7 Å². The van der Waals surface area contributed by atoms with Crippen LogP contribution < -0.4 is 15.5 Å². The summed E-state index contributed by atoms with van der Waals surface area (Å²) >= 11 is 3.25. The number of halogens is 1. The fourth-order valence-corrected chi connectivity index (χ4v) is 3.38. The van der Waals surface area contributed by atoms with Crippen molar-refractivity contribution in [2.45, 2.75) is 17.9 Å². The Morgan fingerprint density at radius 1 is 1.17 bits per heavy atom. The summed E-state index contributed by atoms with van der Waals surface area (Å²) in [4.78, 5) is 23.3. The van der Waals surface area contributed by atoms with Crippen LogP contribution in [0.4, 0.5) is 0 Å². The number of benzene rings is 1. The van der Waals surface area contributed by atoms with Gasteiger partial charge in [0.25, 0.3) is 0 Å². The maximum atomic E-state index is 12.3. The van der Waals surface area contributed by atoms with E-state index in [1.807, 2.05) is 0 Å². The molecule has 0 fully saturated rings. The highest BCUT2D eigenvalue weighted by atomic mass is 79.9. The lowest BCUT2D eigenvalue weighted by Crippen LogP contribution is -2.38. The Hall–Kier alpha value is -2.54. The zero-order chi connectivity index (χ0) is 22.0. The zero-order valence-electron chi connectivity index (χ0n) is 16.1. The Balaban J connectivity index is 1.81. The Morgan fingerprint density at radius 2 is 1.90 bits per heavy atom. The van der Waals surface area contributed by atoms with Gasteiger partial charge >= 0.3 is 11.8 Å². The number of hydrazone groups is 1. The summed E-state index contributed by atoms with van der Waals surface area (Å²) in [6.07, 6.45) is 1.78. The van der Waals surface area contributed by atoms with Gasteiger partial charge in [0.15, 0.2) is 0 Å². The number of nitrogens with one attached hydrogen (secondary N) is 3. The standard InChI is InChI=1S/C18H21BrN4O6S/c1-28-10-2-9-20-17(24)18(25)23-21-11-14-5-6-15(29-14)12-22-30(26,27)16-7-3-13(19)4-8-16/h3-8,11,22H,2,9-10,12H2,1H3,(H,20,24)(H,23,25)/b21-11+. The number of methoxy groups -OCH3 is 1. The first-order valence-corrected chi connectivity index (χ1v) is 11.0. The molecule has 0 aliphatic heterocycles. The van der Waals surface area contributed by atoms with Crippen molar-refractivity contribution >= 4 is 44.0 Å². The monoisotopic (exact) mass is 500 g/mol. The number of sulfonamides is 1. The van der Waals surface area contributed by atoms with E-state index in [2.05, 4.69) is 36.5 Å². The van der Waals surface area contributed by atoms with Crippen molar-refractivity contribution < 1.29 is 27.2 Å². The van der Waals surface area contributed by atoms with Crippen LogP contribution in [0.25, 0.3) is 0 Å². The lowest BCUT2D eigenvalue weighted by Gasteiger charge is -2.05. The van der Waals surface area contributed by atoms with Crippen LogP contribution in [-0.2, 0) is 30.9 Å². The molecule has 0 saturated heterocycles. The van der Waals surface area contributed by atoms with Gasteiger partial charge in [-0.3, -0.25) is 9.59 Å². The van der Waals surface area contributed by atoms with Crippen LogP contribution in [0.3, 0.4) is 0 Å². The molecule has 2 amide bonds. The van der Waals surface area contributed by atoms with Gasteiger partial charge in [0.1, 0.15) is 11.5 Å². The van der Waals surface area contributed by atoms with Gasteiger partial charge in [-0.05, 0) is 42.8 Å². The van der Waals surface area contributed by atoms with Crippen molar-refractivity contribution in [1.29, 1.82) is 0 Å². The number of hydrogen-bond donors (Lipinski definition) is 3. The lowest BCUT2D eigenvalue weighted by atomic mass is 10.4. The van der Waals surface area contributed by atoms with E-state index >= 15 is 0 Å². The van der Waals surface area contributed by atoms with Crippen LogP contribution in [0.1, 0.15) is 17.9 Å². The molecule has 0 atom stereocenters. The summed E-state index contributed by atoms with van der Waals surface area (Å²) in [5, 5.41) is 6.06. The maximum Gasteiger partial charge on any atom is 0.329 e. The van der Waals surface area contributed by atoms with E-state index in [0.717, 1.165) is 4.47 Å². The molecular weight excluding hydrogens is 480 g/mol. The molecule has 12 heteroatoms. The van der Waals surface area contributed by atoms with E-state index in [0.29, 0.717) is 25.3 Å². The summed E-state index contributed by atoms with van der Waals surface area (Å²) in [7, 11) is -2.15. The first-order valence-electron chi connectivity index (χ1n) is 8.76. The van der Waals surface area contributed by atoms with Crippen LogP contribution in [-0.4, -0.2) is 46.7 Å². The van der Waals surface area contributed by atoms with Gasteiger partial charge in [-0.2, -0.15) is 5.10 Å². The fourth-order valence-electron chi connectivity index (χ4n) is 2.13. The summed E-state index contributed by atoms with van der Waals surface area (Å²) in [6, 6.07) is 9.32. The summed E-state index contributed by atoms with van der Waals surface area (Å²) in [6.45, 7) is 0.712. The average molecular weight is 501 g/mol. The zero-order valence-corrected chi connectivity index (χ0v) is 18.5. The number of amides is 2. The third-order valence-electron chi connectivity index (χ3n) is 3.62. The summed E-state index contributed by atoms with van der Waals surface area (Å²) in [5.41, 5.74) is 2.08. The molecule has 2 aromatic rings. The topological polar surface area (TPSA) is 139 Å². The Bertz CT molecular complexity index is 988. The molecule has 10 nitrogen and oxygen atoms in total. The molecule has 0 bridgehead atoms. The van der Waals surface area contributed by atoms with Gasteiger partial charge < -0.3 is 14.5 Å². The number of furan rings is 1. The number of ether oxygens (including phenoxy) is 1. The van der Waals surface area contributed by atoms with Crippen molar-refractivity contribution in [3.05, 3.63) is 52.4 Å². The van der Waals surface area contributed by atoms with Crippen molar-refractivity contribution in [3.8, 4) is 0 Å². The number of carbonyl (C=O) groups is 2. The Labute approximate surface area is 182 Å². The van der Waals surface area contributed by atoms with Crippen LogP contribution in [0, 0.1) is 0 Å². The minimum absolute atomic E-state index is 0.0670. The average Bonchev–Trinajstić information content (AvgIpc) is 3.17. The molecule has 162 valence electrons. The molecule has 1 aromatic heterocycles. The van der Waals surface area contributed by atoms with Gasteiger partial charge in [0, 0.05) is 24.7 Å². The van der Waals surface area contributed by atoms with Crippen molar-refractivity contribution in [1.82, 2.24) is 15.5 Å². The van der Waals surface area contributed by atoms with Crippen molar-refractivity contribution in [2.24, 2.45) is 5.10 Å². The quantitative estimate of drug-likeness (QED) is 0.193. The second-order valence-electron chi connectivity index (χ2n) is 5.88. The molecule has 1 aromatic carbocycles. The van der Waals surface area contributed by atoms with E-state index < -0.39 is 21.8 Å². The van der Waals surface area contributed by atoms with Crippen LogP contribution in [0.2, 0.25) is 0 Å². The Kier molecular flexibility index (Phi) is 9.17. The van der Waals surface area contributed by atoms with Crippen molar-refractivity contribution in [2.75, 3.05) is 20.3 Å². The molecular formula is C18H21BrN4O6S. The van der Waals surface area contributed by atoms with Gasteiger partial charge in [-0.15, -0.1) is 0 Å². The molecule has 0 aliphatic rings. The predicted molar refractivity (Wildman–Crippen MR) is 112 cm³/mol. The minimum atomic E-state index is -3.69. The van der Waals surface area contributed by atoms with Gasteiger partial charge in [0.2, 0.25) is 10.0 Å². The molecule has 0 radical (unpaired) electrons. The fraction of sp³-hybridized carbons (Fsp3) is 0.278. The van der Waals surface area contributed by atoms with E-state index in [-0.39, 0.29) is 17.2 Å². The smallest absolute Gasteiger partial charge is 0.329 e. The van der Waals surface area contributed by atoms with Crippen molar-refractivity contribution in [3.63, 3.8) is 0 Å². The van der Waals surface area contributed by atoms with Gasteiger partial charge in [-0.1, -0.05) is 15.9 Å². The SMILES string of the molecule is COCCCNC(=O)C(=O)N/N=C/c1ccc(CNS(=O)(=O)c2ccc(Br)cc2)o1. The number of rotatable bonds is 10. The molecule has 30 heavy (non-hydrogen) atoms. The largest absolute Gasteiger partial charge is 0.459 e. The molecule has 0 unspecified atom stereocenters. The maximum absolute atomic E-state index is 12.3. The second-order valence-corrected chi connectivity index (χ2v) is 8.57. The highest BCUT2D eigenvalue weighted by Crippen LogP contribution is 2.15. The number of nitrogens with zero attached hydrogens (tertiary/aromatic N) is 1. The summed E-state index contributed by atoms with van der Waals surface area (Å²) < 4.78 is 38.0. The van der Waals surface area contributed by atoms with Crippen LogP contribution in [0.5, 0.6) is 0 Å². The predicted octanol–water partition coefficient (Wildman–Crippen LogP) is 1.12. The molecule has 1 heterocycles. The molecule has 2 rings (SSSR count). The third-order valence-corrected chi connectivity index (χ3v) is 5.56. The van der Waals surface area contributed by atoms with Crippen LogP contribution >= 0.6 is 15.9 Å². The van der Waals surface area contributed by atoms with E-state index in [1.165, 1.54) is 18.3 Å². The molecule has 0 spiro atoms. The molecule has 3 N–H and O–H groups in total. The second kappa shape index (κ2) is 11.6. The summed E-state index contributed by atoms with van der Waals surface area (Å²) in [5.74, 6) is -1.11. The third kappa shape index (κ3) is 7.71. The van der Waals surface area contributed by atoms with Gasteiger partial charge in [-0.25, -0.2) is 18.6 Å². The number of hydrogen-bond acceptors (Lipinski definition) is 7. The Morgan fingerprint density at radius 3 is 2.60 bits per heavy atom. The number of carbonyl (C=O) groups excluding carboxylic acids is 2. The highest BCUT2D eigenvalue weighted by molar-refractivity contribution is 9.10. The first kappa shape index (κ1) is 23.7. The van der Waals surface area contributed by atoms with Crippen LogP contribution in [0.15, 0.2) is 55.3 Å². The molecule has 0 saturated carbocycles. The minimum Gasteiger partial charge on any atom is -0.459 e. The normalized spacial score (nSPS) is 11.5. The first-order chi connectivity index (χ1) is 14.3. The van der Waals surface area contributed by atoms with E-state index in [9.17, 15) is 18.0 Å².